The number of nitrogens with one attached hydrogen (secondary N) is 1. The van der Waals surface area contributed by atoms with Crippen LogP contribution in [0.15, 0.2) is 47.6 Å². The fourth-order valence-corrected chi connectivity index (χ4v) is 3.36. The second-order valence-corrected chi connectivity index (χ2v) is 8.03. The van der Waals surface area contributed by atoms with Gasteiger partial charge < -0.3 is 4.74 Å². The monoisotopic (exact) mass is 409 g/mol. The van der Waals surface area contributed by atoms with Crippen molar-refractivity contribution in [2.24, 2.45) is 5.10 Å². The van der Waals surface area contributed by atoms with Crippen molar-refractivity contribution in [1.82, 2.24) is 5.43 Å². The molecule has 2 rings (SSSR count). The summed E-state index contributed by atoms with van der Waals surface area (Å²) in [6.07, 6.45) is 2.48. The molecular formula is C18H20ClN3O4S. The molecule has 0 bridgehead atoms. The van der Waals surface area contributed by atoms with Gasteiger partial charge >= 0.3 is 0 Å². The van der Waals surface area contributed by atoms with E-state index in [1.54, 1.807) is 56.5 Å². The van der Waals surface area contributed by atoms with Gasteiger partial charge in [0.05, 0.1) is 25.3 Å². The van der Waals surface area contributed by atoms with Crippen molar-refractivity contribution in [3.8, 4) is 5.75 Å². The molecule has 0 radical (unpaired) electrons. The Bertz CT molecular complexity index is 944. The van der Waals surface area contributed by atoms with Crippen LogP contribution in [0.1, 0.15) is 11.1 Å². The zero-order chi connectivity index (χ0) is 20.0. The summed E-state index contributed by atoms with van der Waals surface area (Å²) in [6, 6.07) is 11.9. The average Bonchev–Trinajstić information content (AvgIpc) is 2.62. The molecule has 0 atom stereocenters. The molecular weight excluding hydrogens is 390 g/mol. The molecule has 1 N–H and O–H groups in total. The smallest absolute Gasteiger partial charge is 0.260 e. The fraction of sp³-hybridized carbons (Fsp3) is 0.222. The Morgan fingerprint density at radius 1 is 1.26 bits per heavy atom. The molecule has 7 nitrogen and oxygen atoms in total. The van der Waals surface area contributed by atoms with Crippen molar-refractivity contribution in [3.63, 3.8) is 0 Å². The number of hydrogen-bond donors (Lipinski definition) is 1. The topological polar surface area (TPSA) is 88.1 Å². The zero-order valence-corrected chi connectivity index (χ0v) is 16.7. The summed E-state index contributed by atoms with van der Waals surface area (Å²) in [5, 5.41) is 4.27. The molecule has 0 saturated heterocycles. The first-order valence-electron chi connectivity index (χ1n) is 7.91. The Balaban J connectivity index is 2.10. The van der Waals surface area contributed by atoms with E-state index in [9.17, 15) is 13.2 Å². The Hall–Kier alpha value is -2.58. The Morgan fingerprint density at radius 3 is 2.52 bits per heavy atom. The molecule has 0 unspecified atom stereocenters. The second kappa shape index (κ2) is 8.88. The third-order valence-electron chi connectivity index (χ3n) is 3.71. The van der Waals surface area contributed by atoms with Gasteiger partial charge in [-0.3, -0.25) is 9.10 Å². The summed E-state index contributed by atoms with van der Waals surface area (Å²) in [5.74, 6) is 0.126. The van der Waals surface area contributed by atoms with Gasteiger partial charge in [-0.05, 0) is 54.4 Å². The van der Waals surface area contributed by atoms with Crippen molar-refractivity contribution in [2.75, 3.05) is 24.2 Å². The number of ether oxygens (including phenoxy) is 1. The number of benzene rings is 2. The Kier molecular flexibility index (Phi) is 6.81. The normalized spacial score (nSPS) is 11.4. The van der Waals surface area contributed by atoms with Crippen LogP contribution in [0.3, 0.4) is 0 Å². The Morgan fingerprint density at radius 2 is 1.93 bits per heavy atom. The van der Waals surface area contributed by atoms with Crippen molar-refractivity contribution >= 4 is 39.4 Å². The molecule has 0 saturated carbocycles. The predicted octanol–water partition coefficient (Wildman–Crippen LogP) is 2.57. The highest BCUT2D eigenvalue weighted by atomic mass is 35.5. The largest absolute Gasteiger partial charge is 0.497 e. The van der Waals surface area contributed by atoms with Crippen LogP contribution in [0, 0.1) is 6.92 Å². The summed E-state index contributed by atoms with van der Waals surface area (Å²) in [5.41, 5.74) is 3.99. The highest BCUT2D eigenvalue weighted by Gasteiger charge is 2.22. The number of carbonyl (C=O) groups excluding carboxylic acids is 1. The first kappa shape index (κ1) is 20.7. The maximum atomic E-state index is 12.2. The van der Waals surface area contributed by atoms with Gasteiger partial charge in [0.25, 0.3) is 5.91 Å². The number of rotatable bonds is 7. The maximum absolute atomic E-state index is 12.2. The second-order valence-electron chi connectivity index (χ2n) is 5.72. The number of amides is 1. The first-order chi connectivity index (χ1) is 12.7. The molecule has 2 aromatic rings. The summed E-state index contributed by atoms with van der Waals surface area (Å²) >= 11 is 6.06. The number of hydrogen-bond acceptors (Lipinski definition) is 5. The standard InChI is InChI=1S/C18H20ClN3O4S/c1-13-16(19)5-4-6-17(13)22(27(3,24)25)12-18(23)21-20-11-14-7-9-15(26-2)10-8-14/h4-11H,12H2,1-3H3,(H,21,23)/b20-11-. The molecule has 2 aromatic carbocycles. The SMILES string of the molecule is COc1ccc(/C=N\NC(=O)CN(c2cccc(Cl)c2C)S(C)(=O)=O)cc1. The van der Waals surface area contributed by atoms with Crippen LogP contribution in [0.2, 0.25) is 5.02 Å². The van der Waals surface area contributed by atoms with E-state index in [4.69, 9.17) is 16.3 Å². The van der Waals surface area contributed by atoms with Gasteiger partial charge in [0.2, 0.25) is 10.0 Å². The number of methoxy groups -OCH3 is 1. The van der Waals surface area contributed by atoms with Gasteiger partial charge in [-0.2, -0.15) is 5.10 Å². The quantitative estimate of drug-likeness (QED) is 0.562. The van der Waals surface area contributed by atoms with E-state index in [0.29, 0.717) is 22.0 Å². The fourth-order valence-electron chi connectivity index (χ4n) is 2.28. The van der Waals surface area contributed by atoms with Crippen LogP contribution in [-0.4, -0.2) is 40.4 Å². The van der Waals surface area contributed by atoms with E-state index in [0.717, 1.165) is 16.1 Å². The van der Waals surface area contributed by atoms with Crippen molar-refractivity contribution in [3.05, 3.63) is 58.6 Å². The highest BCUT2D eigenvalue weighted by molar-refractivity contribution is 7.92. The highest BCUT2D eigenvalue weighted by Crippen LogP contribution is 2.27. The number of anilines is 1. The van der Waals surface area contributed by atoms with E-state index in [1.807, 2.05) is 0 Å². The van der Waals surface area contributed by atoms with Crippen molar-refractivity contribution < 1.29 is 17.9 Å². The van der Waals surface area contributed by atoms with Gasteiger partial charge in [0.1, 0.15) is 12.3 Å². The molecule has 0 spiro atoms. The third kappa shape index (κ3) is 5.70. The van der Waals surface area contributed by atoms with E-state index in [1.165, 1.54) is 6.21 Å². The van der Waals surface area contributed by atoms with Crippen LogP contribution < -0.4 is 14.5 Å². The van der Waals surface area contributed by atoms with Gasteiger partial charge in [-0.1, -0.05) is 17.7 Å². The lowest BCUT2D eigenvalue weighted by molar-refractivity contribution is -0.119. The summed E-state index contributed by atoms with van der Waals surface area (Å²) in [7, 11) is -2.12. The molecule has 27 heavy (non-hydrogen) atoms. The van der Waals surface area contributed by atoms with Crippen LogP contribution >= 0.6 is 11.6 Å². The average molecular weight is 410 g/mol. The van der Waals surface area contributed by atoms with Crippen molar-refractivity contribution in [2.45, 2.75) is 6.92 Å². The van der Waals surface area contributed by atoms with Crippen LogP contribution in [-0.2, 0) is 14.8 Å². The predicted molar refractivity (Wildman–Crippen MR) is 107 cm³/mol. The molecule has 144 valence electrons. The number of carbonyl (C=O) groups is 1. The van der Waals surface area contributed by atoms with Crippen molar-refractivity contribution in [1.29, 1.82) is 0 Å². The van der Waals surface area contributed by atoms with E-state index < -0.39 is 22.5 Å². The van der Waals surface area contributed by atoms with Gasteiger partial charge in [-0.15, -0.1) is 0 Å². The Labute approximate surface area is 163 Å². The van der Waals surface area contributed by atoms with Crippen LogP contribution in [0.25, 0.3) is 0 Å². The third-order valence-corrected chi connectivity index (χ3v) is 5.25. The lowest BCUT2D eigenvalue weighted by Gasteiger charge is -2.23. The molecule has 0 aromatic heterocycles. The molecule has 0 aliphatic rings. The molecule has 0 aliphatic heterocycles. The lowest BCUT2D eigenvalue weighted by atomic mass is 10.2. The minimum Gasteiger partial charge on any atom is -0.497 e. The number of halogens is 1. The van der Waals surface area contributed by atoms with Gasteiger partial charge in [0, 0.05) is 5.02 Å². The first-order valence-corrected chi connectivity index (χ1v) is 10.1. The maximum Gasteiger partial charge on any atom is 0.260 e. The summed E-state index contributed by atoms with van der Waals surface area (Å²) in [4.78, 5) is 12.2. The van der Waals surface area contributed by atoms with Crippen LogP contribution in [0.5, 0.6) is 5.75 Å². The summed E-state index contributed by atoms with van der Waals surface area (Å²) in [6.45, 7) is 1.27. The number of sulfonamides is 1. The lowest BCUT2D eigenvalue weighted by Crippen LogP contribution is -2.39. The molecule has 0 fully saturated rings. The minimum absolute atomic E-state index is 0.347. The van der Waals surface area contributed by atoms with Crippen LogP contribution in [0.4, 0.5) is 5.69 Å². The molecule has 9 heteroatoms. The molecule has 0 heterocycles. The van der Waals surface area contributed by atoms with E-state index in [-0.39, 0.29) is 0 Å². The van der Waals surface area contributed by atoms with E-state index >= 15 is 0 Å². The minimum atomic E-state index is -3.69. The summed E-state index contributed by atoms with van der Waals surface area (Å²) < 4.78 is 30.3. The number of hydrazone groups is 1. The van der Waals surface area contributed by atoms with Gasteiger partial charge in [-0.25, -0.2) is 13.8 Å². The van der Waals surface area contributed by atoms with E-state index in [2.05, 4.69) is 10.5 Å². The molecule has 0 aliphatic carbocycles. The van der Waals surface area contributed by atoms with Gasteiger partial charge in [0.15, 0.2) is 0 Å². The zero-order valence-electron chi connectivity index (χ0n) is 15.1. The molecule has 1 amide bonds. The number of nitrogens with zero attached hydrogens (tertiary/aromatic N) is 2.